The zero-order chi connectivity index (χ0) is 20.8. The van der Waals surface area contributed by atoms with Gasteiger partial charge < -0.3 is 14.8 Å². The molecule has 1 aliphatic heterocycles. The first kappa shape index (κ1) is 20.8. The largest absolute Gasteiger partial charge is 0.432 e. The minimum absolute atomic E-state index is 0.106. The zero-order valence-corrected chi connectivity index (χ0v) is 15.6. The quantitative estimate of drug-likeness (QED) is 0.138. The molecule has 4 amide bonds. The minimum atomic E-state index is -1.04. The first-order valence-corrected chi connectivity index (χ1v) is 8.24. The molecule has 1 fully saturated rings. The summed E-state index contributed by atoms with van der Waals surface area (Å²) in [5, 5.41) is 2.75. The third-order valence-corrected chi connectivity index (χ3v) is 3.84. The predicted octanol–water partition coefficient (Wildman–Crippen LogP) is 0.753. The summed E-state index contributed by atoms with van der Waals surface area (Å²) in [5.41, 5.74) is 0.341. The van der Waals surface area contributed by atoms with Gasteiger partial charge in [0.1, 0.15) is 5.57 Å². The van der Waals surface area contributed by atoms with Crippen LogP contribution in [0.5, 0.6) is 0 Å². The third-order valence-electron chi connectivity index (χ3n) is 3.84. The number of urea groups is 1. The van der Waals surface area contributed by atoms with Crippen LogP contribution in [0.3, 0.4) is 0 Å². The van der Waals surface area contributed by atoms with Gasteiger partial charge in [0.25, 0.3) is 17.6 Å². The van der Waals surface area contributed by atoms with Gasteiger partial charge in [0.2, 0.25) is 0 Å². The summed E-state index contributed by atoms with van der Waals surface area (Å²) in [6.07, 6.45) is 1.18. The van der Waals surface area contributed by atoms with Crippen LogP contribution in [0.15, 0.2) is 36.0 Å². The summed E-state index contributed by atoms with van der Waals surface area (Å²) < 4.78 is 9.50. The van der Waals surface area contributed by atoms with Crippen LogP contribution < -0.4 is 5.32 Å². The highest BCUT2D eigenvalue weighted by Gasteiger charge is 2.37. The van der Waals surface area contributed by atoms with Crippen LogP contribution in [0.25, 0.3) is 0 Å². The number of esters is 1. The van der Waals surface area contributed by atoms with Gasteiger partial charge in [-0.3, -0.25) is 24.2 Å². The van der Waals surface area contributed by atoms with Crippen molar-refractivity contribution < 1.29 is 33.4 Å². The normalized spacial score (nSPS) is 14.2. The lowest BCUT2D eigenvalue weighted by Crippen LogP contribution is -2.53. The summed E-state index contributed by atoms with van der Waals surface area (Å²) >= 11 is 0. The summed E-state index contributed by atoms with van der Waals surface area (Å²) in [7, 11) is 2.54. The second kappa shape index (κ2) is 8.91. The number of ketones is 1. The molecule has 0 atom stereocenters. The summed E-state index contributed by atoms with van der Waals surface area (Å²) in [4.78, 5) is 61.1. The maximum atomic E-state index is 12.1. The van der Waals surface area contributed by atoms with E-state index < -0.39 is 29.6 Å². The smallest absolute Gasteiger partial charge is 0.381 e. The molecule has 0 aromatic heterocycles. The van der Waals surface area contributed by atoms with E-state index in [9.17, 15) is 24.0 Å². The Hall–Kier alpha value is -3.53. The predicted molar refractivity (Wildman–Crippen MR) is 96.0 cm³/mol. The topological polar surface area (TPSA) is 122 Å². The molecule has 1 heterocycles. The van der Waals surface area contributed by atoms with Crippen molar-refractivity contribution in [1.82, 2.24) is 9.80 Å². The lowest BCUT2D eigenvalue weighted by Gasteiger charge is -2.28. The summed E-state index contributed by atoms with van der Waals surface area (Å²) in [6.45, 7) is 1.77. The number of imide groups is 2. The van der Waals surface area contributed by atoms with E-state index in [4.69, 9.17) is 4.74 Å². The van der Waals surface area contributed by atoms with E-state index in [1.165, 1.54) is 44.6 Å². The van der Waals surface area contributed by atoms with Crippen molar-refractivity contribution in [1.29, 1.82) is 0 Å². The highest BCUT2D eigenvalue weighted by atomic mass is 16.7. The molecule has 0 spiro atoms. The monoisotopic (exact) mass is 389 g/mol. The van der Waals surface area contributed by atoms with E-state index >= 15 is 0 Å². The van der Waals surface area contributed by atoms with Crippen LogP contribution in [-0.4, -0.2) is 66.9 Å². The van der Waals surface area contributed by atoms with E-state index in [0.717, 1.165) is 9.80 Å². The first-order chi connectivity index (χ1) is 13.3. The van der Waals surface area contributed by atoms with Gasteiger partial charge in [-0.05, 0) is 31.2 Å². The lowest BCUT2D eigenvalue weighted by atomic mass is 10.1. The highest BCUT2D eigenvalue weighted by Crippen LogP contribution is 2.16. The van der Waals surface area contributed by atoms with Crippen molar-refractivity contribution in [2.75, 3.05) is 32.8 Å². The van der Waals surface area contributed by atoms with Gasteiger partial charge in [-0.25, -0.2) is 9.59 Å². The Morgan fingerprint density at radius 2 is 1.61 bits per heavy atom. The van der Waals surface area contributed by atoms with Gasteiger partial charge in [0.05, 0.1) is 0 Å². The summed E-state index contributed by atoms with van der Waals surface area (Å²) in [6, 6.07) is 5.02. The van der Waals surface area contributed by atoms with E-state index in [1.807, 2.05) is 0 Å². The maximum Gasteiger partial charge on any atom is 0.381 e. The number of hydrogen-bond donors (Lipinski definition) is 1. The number of anilines is 1. The fraction of sp³-hybridized carbons (Fsp3) is 0.278. The SMILES string of the molecule is CCOCOC(=O)C(=O)c1ccc(NC=C2C(=O)N(C)C(=O)N(C)C2=O)cc1. The first-order valence-electron chi connectivity index (χ1n) is 8.24. The van der Waals surface area contributed by atoms with E-state index in [1.54, 1.807) is 6.92 Å². The molecule has 1 aromatic rings. The van der Waals surface area contributed by atoms with Crippen molar-refractivity contribution in [3.05, 3.63) is 41.6 Å². The fourth-order valence-corrected chi connectivity index (χ4v) is 2.21. The van der Waals surface area contributed by atoms with E-state index in [0.29, 0.717) is 12.3 Å². The molecule has 0 bridgehead atoms. The standard InChI is InChI=1S/C18H19N3O7/c1-4-27-10-28-17(25)14(22)11-5-7-12(8-6-11)19-9-13-15(23)20(2)18(26)21(3)16(13)24/h5-9,19H,4,10H2,1-3H3. The van der Waals surface area contributed by atoms with Crippen molar-refractivity contribution >= 4 is 35.3 Å². The average molecular weight is 389 g/mol. The molecule has 148 valence electrons. The van der Waals surface area contributed by atoms with Gasteiger partial charge in [-0.1, -0.05) is 0 Å². The third kappa shape index (κ3) is 4.41. The highest BCUT2D eigenvalue weighted by molar-refractivity contribution is 6.40. The van der Waals surface area contributed by atoms with Crippen LogP contribution in [0.2, 0.25) is 0 Å². The maximum absolute atomic E-state index is 12.1. The van der Waals surface area contributed by atoms with Crippen molar-refractivity contribution in [2.45, 2.75) is 6.92 Å². The molecule has 0 saturated carbocycles. The number of carbonyl (C=O) groups is 5. The Kier molecular flexibility index (Phi) is 6.61. The number of barbiturate groups is 1. The van der Waals surface area contributed by atoms with E-state index in [2.05, 4.69) is 10.1 Å². The van der Waals surface area contributed by atoms with E-state index in [-0.39, 0.29) is 17.9 Å². The van der Waals surface area contributed by atoms with Crippen molar-refractivity contribution in [2.24, 2.45) is 0 Å². The van der Waals surface area contributed by atoms with Crippen LogP contribution in [0.1, 0.15) is 17.3 Å². The molecule has 0 radical (unpaired) electrons. The Labute approximate surface area is 160 Å². The number of ether oxygens (including phenoxy) is 2. The number of Topliss-reactive ketones (excluding diaryl/α,β-unsaturated/α-hetero) is 1. The Morgan fingerprint density at radius 3 is 2.14 bits per heavy atom. The Balaban J connectivity index is 2.06. The molecule has 0 aliphatic carbocycles. The molecule has 0 unspecified atom stereocenters. The van der Waals surface area contributed by atoms with Crippen LogP contribution in [0.4, 0.5) is 10.5 Å². The molecule has 1 aliphatic rings. The Bertz CT molecular complexity index is 819. The zero-order valence-electron chi connectivity index (χ0n) is 15.6. The molecule has 1 N–H and O–H groups in total. The van der Waals surface area contributed by atoms with Crippen molar-refractivity contribution in [3.8, 4) is 0 Å². The lowest BCUT2D eigenvalue weighted by molar-refractivity contribution is -0.150. The van der Waals surface area contributed by atoms with Gasteiger partial charge >= 0.3 is 12.0 Å². The molecule has 1 aromatic carbocycles. The van der Waals surface area contributed by atoms with Gasteiger partial charge in [-0.15, -0.1) is 0 Å². The van der Waals surface area contributed by atoms with Gasteiger partial charge in [0.15, 0.2) is 6.79 Å². The van der Waals surface area contributed by atoms with Crippen LogP contribution >= 0.6 is 0 Å². The number of rotatable bonds is 7. The number of hydrogen-bond acceptors (Lipinski definition) is 8. The minimum Gasteiger partial charge on any atom is -0.432 e. The number of nitrogens with one attached hydrogen (secondary N) is 1. The number of carbonyl (C=O) groups excluding carboxylic acids is 5. The second-order valence-corrected chi connectivity index (χ2v) is 5.66. The van der Waals surface area contributed by atoms with Crippen molar-refractivity contribution in [3.63, 3.8) is 0 Å². The summed E-state index contributed by atoms with van der Waals surface area (Å²) in [5.74, 6) is -3.33. The molecule has 28 heavy (non-hydrogen) atoms. The molecular weight excluding hydrogens is 370 g/mol. The number of likely N-dealkylation sites (N-methyl/N-ethyl adjacent to an activating group) is 2. The Morgan fingerprint density at radius 1 is 1.04 bits per heavy atom. The molecule has 10 nitrogen and oxygen atoms in total. The fourth-order valence-electron chi connectivity index (χ4n) is 2.21. The second-order valence-electron chi connectivity index (χ2n) is 5.66. The molecular formula is C18H19N3O7. The number of benzene rings is 1. The number of amides is 4. The molecule has 10 heteroatoms. The molecule has 1 saturated heterocycles. The average Bonchev–Trinajstić information content (AvgIpc) is 2.70. The molecule has 2 rings (SSSR count). The van der Waals surface area contributed by atoms with Crippen LogP contribution in [0, 0.1) is 0 Å². The van der Waals surface area contributed by atoms with Gasteiger partial charge in [0, 0.05) is 38.2 Å². The number of nitrogens with zero attached hydrogens (tertiary/aromatic N) is 2. The van der Waals surface area contributed by atoms with Gasteiger partial charge in [-0.2, -0.15) is 0 Å². The van der Waals surface area contributed by atoms with Crippen LogP contribution in [-0.2, 0) is 23.9 Å².